The van der Waals surface area contributed by atoms with E-state index in [1.54, 1.807) is 0 Å². The first-order valence-electron chi connectivity index (χ1n) is 8.80. The van der Waals surface area contributed by atoms with Gasteiger partial charge in [-0.05, 0) is 63.2 Å². The second-order valence-electron chi connectivity index (χ2n) is 5.88. The molecule has 0 saturated carbocycles. The number of aryl methyl sites for hydroxylation is 1. The van der Waals surface area contributed by atoms with Crippen LogP contribution in [0.25, 0.3) is 10.2 Å². The number of anilines is 1. The van der Waals surface area contributed by atoms with Crippen molar-refractivity contribution in [3.63, 3.8) is 0 Å². The molecule has 1 amide bonds. The Bertz CT molecular complexity index is 984. The van der Waals surface area contributed by atoms with E-state index >= 15 is 0 Å². The molecule has 136 valence electrons. The number of rotatable bonds is 5. The highest BCUT2D eigenvalue weighted by atomic mass is 79.9. The first-order valence-corrected chi connectivity index (χ1v) is 10.4. The molecule has 1 heterocycles. The Kier molecular flexibility index (Phi) is 5.94. The number of hydrogen-bond acceptors (Lipinski definition) is 3. The standard InChI is InChI=1S/C20H22BrN3OS/c1-4-23(5-2)16-10-7-14(8-11-16)19(25)22-20-24(6-3)17-12-9-15(21)13-18(17)26-20/h7-13H,4-6H2,1-3H3. The first-order chi connectivity index (χ1) is 12.6. The molecule has 1 aromatic heterocycles. The Morgan fingerprint density at radius 2 is 1.81 bits per heavy atom. The van der Waals surface area contributed by atoms with Gasteiger partial charge in [-0.1, -0.05) is 27.3 Å². The van der Waals surface area contributed by atoms with Gasteiger partial charge in [0.25, 0.3) is 5.91 Å². The molecule has 0 spiro atoms. The number of carbonyl (C=O) groups is 1. The number of fused-ring (bicyclic) bond motifs is 1. The number of halogens is 1. The van der Waals surface area contributed by atoms with Crippen LogP contribution >= 0.6 is 27.3 Å². The summed E-state index contributed by atoms with van der Waals surface area (Å²) >= 11 is 5.04. The molecule has 0 bridgehead atoms. The van der Waals surface area contributed by atoms with E-state index in [2.05, 4.69) is 63.3 Å². The Balaban J connectivity index is 1.97. The highest BCUT2D eigenvalue weighted by molar-refractivity contribution is 9.10. The molecule has 0 fully saturated rings. The van der Waals surface area contributed by atoms with Crippen molar-refractivity contribution in [2.45, 2.75) is 27.3 Å². The number of aromatic nitrogens is 1. The van der Waals surface area contributed by atoms with E-state index in [1.165, 1.54) is 11.3 Å². The average molecular weight is 432 g/mol. The second kappa shape index (κ2) is 8.18. The zero-order valence-electron chi connectivity index (χ0n) is 15.2. The minimum absolute atomic E-state index is 0.205. The quantitative estimate of drug-likeness (QED) is 0.565. The maximum Gasteiger partial charge on any atom is 0.279 e. The summed E-state index contributed by atoms with van der Waals surface area (Å²) in [6, 6.07) is 13.8. The third kappa shape index (κ3) is 3.76. The molecule has 4 nitrogen and oxygen atoms in total. The van der Waals surface area contributed by atoms with E-state index in [-0.39, 0.29) is 5.91 Å². The highest BCUT2D eigenvalue weighted by Crippen LogP contribution is 2.22. The molecular weight excluding hydrogens is 410 g/mol. The summed E-state index contributed by atoms with van der Waals surface area (Å²) in [5.74, 6) is -0.205. The molecule has 0 aliphatic carbocycles. The third-order valence-electron chi connectivity index (χ3n) is 4.40. The molecule has 6 heteroatoms. The Hall–Kier alpha value is -1.92. The van der Waals surface area contributed by atoms with Gasteiger partial charge in [-0.2, -0.15) is 4.99 Å². The minimum Gasteiger partial charge on any atom is -0.372 e. The molecule has 0 saturated heterocycles. The minimum atomic E-state index is -0.205. The van der Waals surface area contributed by atoms with Crippen LogP contribution < -0.4 is 9.70 Å². The van der Waals surface area contributed by atoms with Crippen LogP contribution in [-0.2, 0) is 6.54 Å². The number of nitrogens with zero attached hydrogens (tertiary/aromatic N) is 3. The van der Waals surface area contributed by atoms with Gasteiger partial charge >= 0.3 is 0 Å². The summed E-state index contributed by atoms with van der Waals surface area (Å²) in [5.41, 5.74) is 2.84. The van der Waals surface area contributed by atoms with Crippen molar-refractivity contribution in [2.75, 3.05) is 18.0 Å². The van der Waals surface area contributed by atoms with E-state index < -0.39 is 0 Å². The molecule has 0 unspecified atom stereocenters. The largest absolute Gasteiger partial charge is 0.372 e. The van der Waals surface area contributed by atoms with Crippen molar-refractivity contribution >= 4 is 49.1 Å². The topological polar surface area (TPSA) is 37.6 Å². The van der Waals surface area contributed by atoms with Crippen LogP contribution in [0.15, 0.2) is 51.9 Å². The fourth-order valence-corrected chi connectivity index (χ4v) is 4.64. The maximum atomic E-state index is 12.7. The predicted octanol–water partition coefficient (Wildman–Crippen LogP) is 5.07. The maximum absolute atomic E-state index is 12.7. The normalized spacial score (nSPS) is 11.9. The number of carbonyl (C=O) groups excluding carboxylic acids is 1. The number of amides is 1. The summed E-state index contributed by atoms with van der Waals surface area (Å²) in [6.07, 6.45) is 0. The van der Waals surface area contributed by atoms with Gasteiger partial charge in [-0.25, -0.2) is 0 Å². The lowest BCUT2D eigenvalue weighted by molar-refractivity contribution is 0.0998. The summed E-state index contributed by atoms with van der Waals surface area (Å²) in [5, 5.41) is 0. The van der Waals surface area contributed by atoms with Crippen LogP contribution in [-0.4, -0.2) is 23.6 Å². The van der Waals surface area contributed by atoms with Crippen LogP contribution in [0.3, 0.4) is 0 Å². The fraction of sp³-hybridized carbons (Fsp3) is 0.300. The van der Waals surface area contributed by atoms with E-state index in [4.69, 9.17) is 0 Å². The van der Waals surface area contributed by atoms with Gasteiger partial charge in [-0.3, -0.25) is 4.79 Å². The lowest BCUT2D eigenvalue weighted by Gasteiger charge is -2.20. The molecule has 0 aliphatic rings. The SMILES string of the molecule is CCN(CC)c1ccc(C(=O)N=c2sc3cc(Br)ccc3n2CC)cc1. The van der Waals surface area contributed by atoms with Crippen LogP contribution in [0.4, 0.5) is 5.69 Å². The molecule has 3 aromatic rings. The summed E-state index contributed by atoms with van der Waals surface area (Å²) in [4.78, 5) is 20.0. The average Bonchev–Trinajstić information content (AvgIpc) is 2.99. The third-order valence-corrected chi connectivity index (χ3v) is 5.94. The number of thiazole rings is 1. The highest BCUT2D eigenvalue weighted by Gasteiger charge is 2.10. The van der Waals surface area contributed by atoms with Gasteiger partial charge < -0.3 is 9.47 Å². The first kappa shape index (κ1) is 18.9. The van der Waals surface area contributed by atoms with Crippen molar-refractivity contribution < 1.29 is 4.79 Å². The number of hydrogen-bond donors (Lipinski definition) is 0. The van der Waals surface area contributed by atoms with Crippen LogP contribution in [0.2, 0.25) is 0 Å². The van der Waals surface area contributed by atoms with Gasteiger partial charge in [-0.15, -0.1) is 0 Å². The zero-order valence-corrected chi connectivity index (χ0v) is 17.6. The van der Waals surface area contributed by atoms with Gasteiger partial charge in [0.15, 0.2) is 4.80 Å². The van der Waals surface area contributed by atoms with Crippen molar-refractivity contribution in [2.24, 2.45) is 4.99 Å². The monoisotopic (exact) mass is 431 g/mol. The van der Waals surface area contributed by atoms with Crippen LogP contribution in [0.5, 0.6) is 0 Å². The van der Waals surface area contributed by atoms with Gasteiger partial charge in [0.1, 0.15) is 0 Å². The Morgan fingerprint density at radius 1 is 1.12 bits per heavy atom. The second-order valence-corrected chi connectivity index (χ2v) is 7.80. The van der Waals surface area contributed by atoms with E-state index in [1.807, 2.05) is 30.3 Å². The lowest BCUT2D eigenvalue weighted by atomic mass is 10.2. The van der Waals surface area contributed by atoms with Gasteiger partial charge in [0.2, 0.25) is 0 Å². The fourth-order valence-electron chi connectivity index (χ4n) is 2.99. The Morgan fingerprint density at radius 3 is 2.42 bits per heavy atom. The van der Waals surface area contributed by atoms with Gasteiger partial charge in [0, 0.05) is 35.4 Å². The predicted molar refractivity (Wildman–Crippen MR) is 113 cm³/mol. The summed E-state index contributed by atoms with van der Waals surface area (Å²) in [6.45, 7) is 8.98. The smallest absolute Gasteiger partial charge is 0.279 e. The zero-order chi connectivity index (χ0) is 18.7. The lowest BCUT2D eigenvalue weighted by Crippen LogP contribution is -2.21. The molecule has 3 rings (SSSR count). The van der Waals surface area contributed by atoms with E-state index in [0.29, 0.717) is 5.56 Å². The molecule has 2 aromatic carbocycles. The summed E-state index contributed by atoms with van der Waals surface area (Å²) in [7, 11) is 0. The molecule has 0 N–H and O–H groups in total. The van der Waals surface area contributed by atoms with E-state index in [9.17, 15) is 4.79 Å². The van der Waals surface area contributed by atoms with Crippen LogP contribution in [0.1, 0.15) is 31.1 Å². The van der Waals surface area contributed by atoms with Crippen molar-refractivity contribution in [1.29, 1.82) is 0 Å². The van der Waals surface area contributed by atoms with Crippen LogP contribution in [0, 0.1) is 0 Å². The van der Waals surface area contributed by atoms with Crippen molar-refractivity contribution in [3.05, 3.63) is 57.3 Å². The Labute approximate surface area is 165 Å². The summed E-state index contributed by atoms with van der Waals surface area (Å²) < 4.78 is 4.22. The molecule has 0 atom stereocenters. The molecule has 0 aliphatic heterocycles. The molecular formula is C20H22BrN3OS. The number of benzene rings is 2. The van der Waals surface area contributed by atoms with E-state index in [0.717, 1.165) is 44.8 Å². The molecule has 26 heavy (non-hydrogen) atoms. The molecule has 0 radical (unpaired) electrons. The van der Waals surface area contributed by atoms with Gasteiger partial charge in [0.05, 0.1) is 10.2 Å². The van der Waals surface area contributed by atoms with Crippen molar-refractivity contribution in [3.8, 4) is 0 Å². The van der Waals surface area contributed by atoms with Crippen molar-refractivity contribution in [1.82, 2.24) is 4.57 Å².